The van der Waals surface area contributed by atoms with Gasteiger partial charge in [0.2, 0.25) is 0 Å². The number of nitrogens with one attached hydrogen (secondary N) is 1. The van der Waals surface area contributed by atoms with Crippen LogP contribution in [-0.2, 0) is 7.05 Å². The molecule has 0 aliphatic carbocycles. The Hall–Kier alpha value is -2.50. The molecule has 0 amide bonds. The molecule has 19 heavy (non-hydrogen) atoms. The van der Waals surface area contributed by atoms with Gasteiger partial charge in [0, 0.05) is 7.05 Å². The number of ether oxygens (including phenoxy) is 1. The molecule has 1 aromatic carbocycles. The van der Waals surface area contributed by atoms with E-state index in [1.165, 1.54) is 23.8 Å². The first-order valence-electron chi connectivity index (χ1n) is 5.46. The fourth-order valence-corrected chi connectivity index (χ4v) is 1.69. The molecule has 0 atom stereocenters. The van der Waals surface area contributed by atoms with Crippen molar-refractivity contribution in [3.63, 3.8) is 0 Å². The molecule has 0 radical (unpaired) electrons. The van der Waals surface area contributed by atoms with Gasteiger partial charge >= 0.3 is 0 Å². The number of imidazole rings is 1. The van der Waals surface area contributed by atoms with Crippen molar-refractivity contribution in [1.82, 2.24) is 9.55 Å². The van der Waals surface area contributed by atoms with E-state index < -0.39 is 11.6 Å². The number of phenolic OH excluding ortho intramolecular Hbond substituents is 1. The lowest BCUT2D eigenvalue weighted by atomic mass is 10.2. The van der Waals surface area contributed by atoms with E-state index in [1.807, 2.05) is 0 Å². The molecule has 0 aliphatic rings. The van der Waals surface area contributed by atoms with Crippen LogP contribution in [0, 0.1) is 5.82 Å². The number of aromatic nitrogens is 2. The van der Waals surface area contributed by atoms with Crippen LogP contribution in [0.2, 0.25) is 0 Å². The zero-order chi connectivity index (χ0) is 14.2. The quantitative estimate of drug-likeness (QED) is 0.790. The molecule has 5 nitrogen and oxygen atoms in total. The van der Waals surface area contributed by atoms with E-state index >= 15 is 0 Å². The number of H-pyrrole nitrogens is 1. The van der Waals surface area contributed by atoms with Crippen LogP contribution in [0.3, 0.4) is 0 Å². The predicted molar refractivity (Wildman–Crippen MR) is 69.0 cm³/mol. The monoisotopic (exact) mass is 264 g/mol. The minimum atomic E-state index is -0.816. The number of aromatic hydroxyl groups is 1. The zero-order valence-electron chi connectivity index (χ0n) is 10.5. The van der Waals surface area contributed by atoms with Crippen molar-refractivity contribution >= 4 is 12.7 Å². The van der Waals surface area contributed by atoms with Crippen LogP contribution < -0.4 is 21.1 Å². The summed E-state index contributed by atoms with van der Waals surface area (Å²) in [5.74, 6) is -1.37. The van der Waals surface area contributed by atoms with E-state index in [0.717, 1.165) is 6.07 Å². The summed E-state index contributed by atoms with van der Waals surface area (Å²) in [5, 5.41) is 9.67. The van der Waals surface area contributed by atoms with Gasteiger partial charge in [0.15, 0.2) is 17.3 Å². The topological polar surface area (TPSA) is 67.2 Å². The van der Waals surface area contributed by atoms with Gasteiger partial charge in [-0.1, -0.05) is 6.58 Å². The minimum absolute atomic E-state index is 0.00415. The smallest absolute Gasteiger partial charge is 0.275 e. The highest BCUT2D eigenvalue weighted by Gasteiger charge is 2.09. The second-order valence-electron chi connectivity index (χ2n) is 4.05. The molecule has 0 fully saturated rings. The molecule has 0 unspecified atom stereocenters. The second kappa shape index (κ2) is 4.64. The van der Waals surface area contributed by atoms with Crippen LogP contribution in [0.1, 0.15) is 5.56 Å². The summed E-state index contributed by atoms with van der Waals surface area (Å²) in [6.45, 7) is 3.66. The highest BCUT2D eigenvalue weighted by Crippen LogP contribution is 2.30. The Balaban J connectivity index is 2.67. The Bertz CT molecular complexity index is 789. The van der Waals surface area contributed by atoms with Gasteiger partial charge in [-0.25, -0.2) is 4.39 Å². The van der Waals surface area contributed by atoms with Crippen LogP contribution in [0.15, 0.2) is 16.9 Å². The van der Waals surface area contributed by atoms with Gasteiger partial charge in [-0.05, 0) is 23.8 Å². The number of aromatic amines is 1. The molecule has 0 aliphatic heterocycles. The van der Waals surface area contributed by atoms with E-state index in [4.69, 9.17) is 4.74 Å². The van der Waals surface area contributed by atoms with Crippen molar-refractivity contribution < 1.29 is 14.2 Å². The van der Waals surface area contributed by atoms with Crippen molar-refractivity contribution in [2.45, 2.75) is 0 Å². The molecule has 0 saturated heterocycles. The SMILES string of the molecule is C=c1[nH]/c(=C\c2cc(F)c(O)c(OC)c2)c(=O)n1C. The summed E-state index contributed by atoms with van der Waals surface area (Å²) in [5.41, 5.74) is 0.575. The average Bonchev–Trinajstić information content (AvgIpc) is 2.61. The maximum absolute atomic E-state index is 13.5. The normalized spacial score (nSPS) is 11.8. The Morgan fingerprint density at radius 3 is 2.74 bits per heavy atom. The molecule has 1 aromatic heterocycles. The maximum Gasteiger partial charge on any atom is 0.275 e. The van der Waals surface area contributed by atoms with Gasteiger partial charge in [-0.2, -0.15) is 0 Å². The van der Waals surface area contributed by atoms with E-state index in [1.54, 1.807) is 7.05 Å². The molecule has 100 valence electrons. The van der Waals surface area contributed by atoms with Gasteiger partial charge in [-0.15, -0.1) is 0 Å². The number of benzene rings is 1. The molecule has 0 spiro atoms. The van der Waals surface area contributed by atoms with Gasteiger partial charge in [-0.3, -0.25) is 9.36 Å². The van der Waals surface area contributed by atoms with E-state index in [9.17, 15) is 14.3 Å². The van der Waals surface area contributed by atoms with E-state index in [-0.39, 0.29) is 16.7 Å². The molecule has 0 saturated carbocycles. The highest BCUT2D eigenvalue weighted by atomic mass is 19.1. The van der Waals surface area contributed by atoms with Gasteiger partial charge in [0.25, 0.3) is 5.56 Å². The molecule has 2 aromatic rings. The predicted octanol–water partition coefficient (Wildman–Crippen LogP) is -0.194. The van der Waals surface area contributed by atoms with Crippen LogP contribution >= 0.6 is 0 Å². The summed E-state index contributed by atoms with van der Waals surface area (Å²) in [4.78, 5) is 14.6. The molecule has 0 bridgehead atoms. The van der Waals surface area contributed by atoms with Crippen LogP contribution in [0.5, 0.6) is 11.5 Å². The fourth-order valence-electron chi connectivity index (χ4n) is 1.69. The fraction of sp³-hybridized carbons (Fsp3) is 0.154. The van der Waals surface area contributed by atoms with Crippen LogP contribution in [0.25, 0.3) is 12.7 Å². The number of hydrogen-bond donors (Lipinski definition) is 2. The lowest BCUT2D eigenvalue weighted by molar-refractivity contribution is 0.357. The number of phenols is 1. The molecule has 1 heterocycles. The zero-order valence-corrected chi connectivity index (χ0v) is 10.5. The van der Waals surface area contributed by atoms with Crippen molar-refractivity contribution in [2.75, 3.05) is 7.11 Å². The van der Waals surface area contributed by atoms with Crippen molar-refractivity contribution in [3.8, 4) is 11.5 Å². The number of hydrogen-bond acceptors (Lipinski definition) is 3. The van der Waals surface area contributed by atoms with Gasteiger partial charge in [0.1, 0.15) is 10.8 Å². The average molecular weight is 264 g/mol. The van der Waals surface area contributed by atoms with Crippen molar-refractivity contribution in [2.24, 2.45) is 7.05 Å². The van der Waals surface area contributed by atoms with E-state index in [2.05, 4.69) is 11.6 Å². The van der Waals surface area contributed by atoms with E-state index in [0.29, 0.717) is 11.0 Å². The summed E-state index contributed by atoms with van der Waals surface area (Å²) >= 11 is 0. The Kier molecular flexibility index (Phi) is 3.16. The molecular formula is C13H13FN2O3. The highest BCUT2D eigenvalue weighted by molar-refractivity contribution is 5.55. The second-order valence-corrected chi connectivity index (χ2v) is 4.05. The van der Waals surface area contributed by atoms with Gasteiger partial charge < -0.3 is 14.8 Å². The third-order valence-corrected chi connectivity index (χ3v) is 2.80. The summed E-state index contributed by atoms with van der Waals surface area (Å²) < 4.78 is 19.7. The molecule has 2 rings (SSSR count). The minimum Gasteiger partial charge on any atom is -0.502 e. The molecule has 6 heteroatoms. The number of nitrogens with zero attached hydrogens (tertiary/aromatic N) is 1. The van der Waals surface area contributed by atoms with Crippen molar-refractivity contribution in [3.05, 3.63) is 44.7 Å². The third-order valence-electron chi connectivity index (χ3n) is 2.80. The Labute approximate surface area is 107 Å². The lowest BCUT2D eigenvalue weighted by Gasteiger charge is -2.04. The summed E-state index contributed by atoms with van der Waals surface area (Å²) in [7, 11) is 2.90. The van der Waals surface area contributed by atoms with Crippen LogP contribution in [-0.4, -0.2) is 21.8 Å². The first-order chi connectivity index (χ1) is 8.93. The van der Waals surface area contributed by atoms with Crippen LogP contribution in [0.4, 0.5) is 4.39 Å². The molecule has 2 N–H and O–H groups in total. The number of methoxy groups -OCH3 is 1. The Morgan fingerprint density at radius 1 is 1.53 bits per heavy atom. The lowest BCUT2D eigenvalue weighted by Crippen LogP contribution is -2.28. The largest absolute Gasteiger partial charge is 0.502 e. The van der Waals surface area contributed by atoms with Crippen molar-refractivity contribution in [1.29, 1.82) is 0 Å². The number of rotatable bonds is 2. The standard InChI is InChI=1S/C13H13FN2O3/c1-7-15-10(13(18)16(7)2)5-8-4-9(14)12(17)11(6-8)19-3/h4-6,15,17H,1H2,2-3H3/b10-5-. The first kappa shape index (κ1) is 12.9. The molecular weight excluding hydrogens is 251 g/mol. The first-order valence-corrected chi connectivity index (χ1v) is 5.46. The van der Waals surface area contributed by atoms with Gasteiger partial charge in [0.05, 0.1) is 7.11 Å². The summed E-state index contributed by atoms with van der Waals surface area (Å²) in [6, 6.07) is 2.54. The third kappa shape index (κ3) is 2.24. The maximum atomic E-state index is 13.5. The summed E-state index contributed by atoms with van der Waals surface area (Å²) in [6.07, 6.45) is 1.46. The Morgan fingerprint density at radius 2 is 2.21 bits per heavy atom. The number of halogens is 1.